The highest BCUT2D eigenvalue weighted by atomic mass is 31.2. The van der Waals surface area contributed by atoms with Crippen LogP contribution in [0, 0.1) is 19.3 Å². The number of aliphatic hydroxyl groups excluding tert-OH is 2. The number of aromatic amines is 1. The summed E-state index contributed by atoms with van der Waals surface area (Å²) < 4.78 is 36.6. The SMILES string of the molecule is C#C[C@]1(COP(=O)(N[C@@H](C)C(=O)OC(C)C)Oc2ccccc2)O[C@@H](n2cc(C)c(=O)[nH]c2=O)[C@H](O)[C@@H]1O. The van der Waals surface area contributed by atoms with Crippen LogP contribution in [0.1, 0.15) is 32.6 Å². The van der Waals surface area contributed by atoms with Gasteiger partial charge in [0.1, 0.15) is 30.6 Å². The van der Waals surface area contributed by atoms with Crippen LogP contribution in [0.4, 0.5) is 0 Å². The van der Waals surface area contributed by atoms with Gasteiger partial charge in [0, 0.05) is 11.8 Å². The molecule has 1 fully saturated rings. The number of carbonyl (C=O) groups excluding carboxylic acids is 1. The minimum absolute atomic E-state index is 0.128. The number of ether oxygens (including phenoxy) is 2. The van der Waals surface area contributed by atoms with Gasteiger partial charge in [0.25, 0.3) is 5.56 Å². The van der Waals surface area contributed by atoms with E-state index in [0.29, 0.717) is 0 Å². The maximum Gasteiger partial charge on any atom is 0.459 e. The number of hydrogen-bond donors (Lipinski definition) is 4. The molecule has 0 saturated carbocycles. The second kappa shape index (κ2) is 11.7. The predicted octanol–water partition coefficient (Wildman–Crippen LogP) is 0.601. The average Bonchev–Trinajstić information content (AvgIpc) is 3.11. The van der Waals surface area contributed by atoms with Crippen molar-refractivity contribution in [2.24, 2.45) is 0 Å². The van der Waals surface area contributed by atoms with Gasteiger partial charge in [0.05, 0.1) is 6.10 Å². The number of rotatable bonds is 10. The number of para-hydroxylation sites is 1. The molecule has 0 bridgehead atoms. The molecule has 0 aliphatic carbocycles. The molecule has 0 amide bonds. The van der Waals surface area contributed by atoms with Crippen LogP contribution in [0.15, 0.2) is 46.1 Å². The molecular weight excluding hydrogens is 521 g/mol. The van der Waals surface area contributed by atoms with Crippen LogP contribution in [0.3, 0.4) is 0 Å². The van der Waals surface area contributed by atoms with E-state index in [9.17, 15) is 29.2 Å². The largest absolute Gasteiger partial charge is 0.462 e. The monoisotopic (exact) mass is 551 g/mol. The third-order valence-corrected chi connectivity index (χ3v) is 7.19. The van der Waals surface area contributed by atoms with Crippen LogP contribution in [-0.4, -0.2) is 62.3 Å². The Hall–Kier alpha value is -3.24. The summed E-state index contributed by atoms with van der Waals surface area (Å²) in [5, 5.41) is 24.0. The molecule has 1 unspecified atom stereocenters. The van der Waals surface area contributed by atoms with Gasteiger partial charge in [-0.1, -0.05) is 24.1 Å². The molecule has 0 radical (unpaired) electrons. The smallest absolute Gasteiger partial charge is 0.459 e. The Balaban J connectivity index is 1.89. The number of H-pyrrole nitrogens is 1. The highest BCUT2D eigenvalue weighted by molar-refractivity contribution is 7.52. The van der Waals surface area contributed by atoms with Crippen molar-refractivity contribution in [2.45, 2.75) is 63.9 Å². The highest BCUT2D eigenvalue weighted by Gasteiger charge is 2.56. The molecule has 6 atom stereocenters. The van der Waals surface area contributed by atoms with Gasteiger partial charge in [-0.05, 0) is 39.8 Å². The fourth-order valence-electron chi connectivity index (χ4n) is 3.58. The quantitative estimate of drug-likeness (QED) is 0.185. The number of terminal acetylenes is 1. The zero-order chi connectivity index (χ0) is 28.3. The molecule has 0 spiro atoms. The fraction of sp³-hybridized carbons (Fsp3) is 0.458. The van der Waals surface area contributed by atoms with Crippen molar-refractivity contribution >= 4 is 13.7 Å². The maximum absolute atomic E-state index is 13.7. The number of esters is 1. The van der Waals surface area contributed by atoms with E-state index >= 15 is 0 Å². The first-order valence-electron chi connectivity index (χ1n) is 11.6. The van der Waals surface area contributed by atoms with Crippen molar-refractivity contribution in [2.75, 3.05) is 6.61 Å². The molecule has 3 rings (SSSR count). The average molecular weight is 551 g/mol. The summed E-state index contributed by atoms with van der Waals surface area (Å²) in [6, 6.07) is 6.78. The Morgan fingerprint density at radius 1 is 1.29 bits per heavy atom. The third-order valence-electron chi connectivity index (χ3n) is 5.56. The number of aromatic nitrogens is 2. The number of nitrogens with zero attached hydrogens (tertiary/aromatic N) is 1. The zero-order valence-electron chi connectivity index (χ0n) is 21.2. The summed E-state index contributed by atoms with van der Waals surface area (Å²) in [5.41, 5.74) is -3.52. The molecule has 14 heteroatoms. The second-order valence-electron chi connectivity index (χ2n) is 8.97. The van der Waals surface area contributed by atoms with E-state index < -0.39 is 67.8 Å². The van der Waals surface area contributed by atoms with Crippen LogP contribution < -0.4 is 20.9 Å². The topological polar surface area (TPSA) is 178 Å². The number of aliphatic hydroxyl groups is 2. The fourth-order valence-corrected chi connectivity index (χ4v) is 5.10. The van der Waals surface area contributed by atoms with Gasteiger partial charge >= 0.3 is 19.4 Å². The lowest BCUT2D eigenvalue weighted by Crippen LogP contribution is -2.46. The van der Waals surface area contributed by atoms with Crippen LogP contribution >= 0.6 is 7.75 Å². The van der Waals surface area contributed by atoms with Gasteiger partial charge in [-0.15, -0.1) is 6.42 Å². The third kappa shape index (κ3) is 6.42. The number of aryl methyl sites for hydroxylation is 1. The van der Waals surface area contributed by atoms with Crippen molar-refractivity contribution in [1.29, 1.82) is 0 Å². The van der Waals surface area contributed by atoms with Gasteiger partial charge in [-0.2, -0.15) is 5.09 Å². The Morgan fingerprint density at radius 3 is 2.55 bits per heavy atom. The lowest BCUT2D eigenvalue weighted by atomic mass is 9.97. The Morgan fingerprint density at radius 2 is 1.95 bits per heavy atom. The summed E-state index contributed by atoms with van der Waals surface area (Å²) in [7, 11) is -4.40. The van der Waals surface area contributed by atoms with Crippen LogP contribution in [0.25, 0.3) is 0 Å². The Kier molecular flexibility index (Phi) is 8.99. The first-order chi connectivity index (χ1) is 17.8. The van der Waals surface area contributed by atoms with Crippen LogP contribution in [-0.2, 0) is 23.4 Å². The normalized spacial score (nSPS) is 25.4. The van der Waals surface area contributed by atoms with Gasteiger partial charge in [0.15, 0.2) is 11.8 Å². The van der Waals surface area contributed by atoms with E-state index in [0.717, 1.165) is 10.8 Å². The van der Waals surface area contributed by atoms with E-state index in [2.05, 4.69) is 16.0 Å². The van der Waals surface area contributed by atoms with Gasteiger partial charge in [0.2, 0.25) is 0 Å². The summed E-state index contributed by atoms with van der Waals surface area (Å²) in [5.74, 6) is 1.60. The van der Waals surface area contributed by atoms with Crippen molar-refractivity contribution in [3.05, 3.63) is 62.9 Å². The van der Waals surface area contributed by atoms with Gasteiger partial charge < -0.3 is 24.2 Å². The van der Waals surface area contributed by atoms with E-state index in [1.807, 2.05) is 0 Å². The minimum Gasteiger partial charge on any atom is -0.462 e. The minimum atomic E-state index is -4.40. The number of benzene rings is 1. The van der Waals surface area contributed by atoms with E-state index in [4.69, 9.17) is 24.9 Å². The van der Waals surface area contributed by atoms with Crippen LogP contribution in [0.2, 0.25) is 0 Å². The molecule has 1 aromatic carbocycles. The number of hydrogen-bond acceptors (Lipinski definition) is 10. The molecule has 2 heterocycles. The van der Waals surface area contributed by atoms with Crippen molar-refractivity contribution in [3.8, 4) is 18.1 Å². The second-order valence-corrected chi connectivity index (χ2v) is 10.7. The molecule has 1 aliphatic rings. The standard InChI is InChI=1S/C24H30N3O10P/c1-6-24(19(29)18(28)21(36-24)27-12-15(4)20(30)25-23(27)32)13-34-38(33,37-17-10-8-7-9-11-17)26-16(5)22(31)35-14(2)3/h1,7-12,14,16,18-19,21,28-29H,13H2,2-5H3,(H,26,33)(H,25,30,32)/t16-,18+,19-,21+,24+,38?/m0/s1. The molecule has 1 saturated heterocycles. The van der Waals surface area contributed by atoms with Crippen LogP contribution in [0.5, 0.6) is 5.75 Å². The lowest BCUT2D eigenvalue weighted by molar-refractivity contribution is -0.149. The summed E-state index contributed by atoms with van der Waals surface area (Å²) in [6.45, 7) is 5.32. The molecule has 1 aromatic heterocycles. The predicted molar refractivity (Wildman–Crippen MR) is 134 cm³/mol. The van der Waals surface area contributed by atoms with Crippen molar-refractivity contribution < 1.29 is 38.1 Å². The Labute approximate surface area is 218 Å². The Bertz CT molecular complexity index is 1350. The highest BCUT2D eigenvalue weighted by Crippen LogP contribution is 2.47. The lowest BCUT2D eigenvalue weighted by Gasteiger charge is -2.29. The van der Waals surface area contributed by atoms with Crippen molar-refractivity contribution in [1.82, 2.24) is 14.6 Å². The first-order valence-corrected chi connectivity index (χ1v) is 13.2. The molecule has 4 N–H and O–H groups in total. The van der Waals surface area contributed by atoms with E-state index in [1.54, 1.807) is 32.0 Å². The van der Waals surface area contributed by atoms with Gasteiger partial charge in [-0.25, -0.2) is 9.36 Å². The molecule has 206 valence electrons. The molecule has 1 aliphatic heterocycles. The number of carbonyl (C=O) groups is 1. The molecule has 2 aromatic rings. The first kappa shape index (κ1) is 29.3. The number of nitrogens with one attached hydrogen (secondary N) is 2. The van der Waals surface area contributed by atoms with E-state index in [-0.39, 0.29) is 11.3 Å². The summed E-state index contributed by atoms with van der Waals surface area (Å²) >= 11 is 0. The van der Waals surface area contributed by atoms with Crippen molar-refractivity contribution in [3.63, 3.8) is 0 Å². The maximum atomic E-state index is 13.7. The summed E-state index contributed by atoms with van der Waals surface area (Å²) in [4.78, 5) is 38.5. The summed E-state index contributed by atoms with van der Waals surface area (Å²) in [6.07, 6.45) is 1.28. The molecule has 13 nitrogen and oxygen atoms in total. The molecule has 38 heavy (non-hydrogen) atoms. The van der Waals surface area contributed by atoms with E-state index in [1.165, 1.54) is 26.0 Å². The van der Waals surface area contributed by atoms with Gasteiger partial charge in [-0.3, -0.25) is 23.7 Å². The molecular formula is C24H30N3O10P. The zero-order valence-corrected chi connectivity index (χ0v) is 22.1.